The lowest BCUT2D eigenvalue weighted by Gasteiger charge is -2.15. The van der Waals surface area contributed by atoms with Crippen molar-refractivity contribution in [2.75, 3.05) is 6.54 Å². The topological polar surface area (TPSA) is 79.5 Å². The zero-order valence-electron chi connectivity index (χ0n) is 13.4. The zero-order valence-corrected chi connectivity index (χ0v) is 14.2. The van der Waals surface area contributed by atoms with Crippen molar-refractivity contribution < 1.29 is 17.9 Å². The van der Waals surface area contributed by atoms with Gasteiger partial charge in [0.15, 0.2) is 0 Å². The Bertz CT molecular complexity index is 548. The van der Waals surface area contributed by atoms with E-state index < -0.39 is 10.0 Å². The molecule has 122 valence electrons. The van der Waals surface area contributed by atoms with E-state index in [2.05, 4.69) is 18.6 Å². The molecule has 21 heavy (non-hydrogen) atoms. The summed E-state index contributed by atoms with van der Waals surface area (Å²) in [6.07, 6.45) is 4.18. The van der Waals surface area contributed by atoms with Gasteiger partial charge in [0.05, 0.1) is 6.61 Å². The monoisotopic (exact) mass is 317 g/mol. The van der Waals surface area contributed by atoms with Crippen LogP contribution in [-0.4, -0.2) is 20.1 Å². The summed E-state index contributed by atoms with van der Waals surface area (Å²) in [5, 5.41) is 9.36. The molecule has 1 rings (SSSR count). The Kier molecular flexibility index (Phi) is 6.90. The van der Waals surface area contributed by atoms with Crippen LogP contribution < -0.4 is 4.72 Å². The molecule has 0 aliphatic heterocycles. The lowest BCUT2D eigenvalue weighted by molar-refractivity contribution is 0.276. The van der Waals surface area contributed by atoms with E-state index in [0.717, 1.165) is 25.7 Å². The average molecular weight is 317 g/mol. The standard InChI is InChI=1S/C15H27NO4S/c1-5-7-8-13(6-2)9-16-21(18,19)15-12(4)20-11(3)14(15)10-17/h13,16-17H,5-10H2,1-4H3. The molecule has 0 bridgehead atoms. The van der Waals surface area contributed by atoms with Gasteiger partial charge in [-0.3, -0.25) is 0 Å². The highest BCUT2D eigenvalue weighted by atomic mass is 32.2. The molecular formula is C15H27NO4S. The lowest BCUT2D eigenvalue weighted by atomic mass is 10.00. The maximum atomic E-state index is 12.5. The van der Waals surface area contributed by atoms with E-state index in [1.54, 1.807) is 13.8 Å². The highest BCUT2D eigenvalue weighted by molar-refractivity contribution is 7.89. The summed E-state index contributed by atoms with van der Waals surface area (Å²) in [4.78, 5) is 0.0906. The van der Waals surface area contributed by atoms with E-state index in [0.29, 0.717) is 29.5 Å². The molecule has 0 aliphatic carbocycles. The Morgan fingerprint density at radius 3 is 2.43 bits per heavy atom. The number of hydrogen-bond acceptors (Lipinski definition) is 4. The van der Waals surface area contributed by atoms with Crippen molar-refractivity contribution in [2.45, 2.75) is 64.9 Å². The van der Waals surface area contributed by atoms with Crippen LogP contribution in [0.25, 0.3) is 0 Å². The number of sulfonamides is 1. The largest absolute Gasteiger partial charge is 0.465 e. The van der Waals surface area contributed by atoms with Gasteiger partial charge in [-0.25, -0.2) is 13.1 Å². The number of furan rings is 1. The van der Waals surface area contributed by atoms with Crippen molar-refractivity contribution in [2.24, 2.45) is 5.92 Å². The molecular weight excluding hydrogens is 290 g/mol. The van der Waals surface area contributed by atoms with Crippen molar-refractivity contribution in [1.82, 2.24) is 4.72 Å². The third kappa shape index (κ3) is 4.56. The molecule has 0 aliphatic rings. The Morgan fingerprint density at radius 1 is 1.24 bits per heavy atom. The number of hydrogen-bond donors (Lipinski definition) is 2. The fraction of sp³-hybridized carbons (Fsp3) is 0.733. The fourth-order valence-electron chi connectivity index (χ4n) is 2.49. The summed E-state index contributed by atoms with van der Waals surface area (Å²) in [5.41, 5.74) is 0.349. The molecule has 2 N–H and O–H groups in total. The van der Waals surface area contributed by atoms with Gasteiger partial charge in [-0.2, -0.15) is 0 Å². The van der Waals surface area contributed by atoms with Crippen LogP contribution in [0, 0.1) is 19.8 Å². The van der Waals surface area contributed by atoms with Crippen LogP contribution in [0.4, 0.5) is 0 Å². The first-order valence-electron chi connectivity index (χ1n) is 7.56. The van der Waals surface area contributed by atoms with Crippen LogP contribution in [0.2, 0.25) is 0 Å². The van der Waals surface area contributed by atoms with Crippen LogP contribution in [0.3, 0.4) is 0 Å². The van der Waals surface area contributed by atoms with Crippen LogP contribution in [0.15, 0.2) is 9.31 Å². The van der Waals surface area contributed by atoms with Gasteiger partial charge >= 0.3 is 0 Å². The average Bonchev–Trinajstić information content (AvgIpc) is 2.73. The van der Waals surface area contributed by atoms with E-state index in [1.807, 2.05) is 0 Å². The van der Waals surface area contributed by atoms with E-state index in [9.17, 15) is 13.5 Å². The van der Waals surface area contributed by atoms with E-state index >= 15 is 0 Å². The van der Waals surface area contributed by atoms with Gasteiger partial charge in [-0.05, 0) is 26.2 Å². The summed E-state index contributed by atoms with van der Waals surface area (Å²) in [6, 6.07) is 0. The molecule has 0 aromatic carbocycles. The maximum absolute atomic E-state index is 12.5. The molecule has 1 aromatic heterocycles. The van der Waals surface area contributed by atoms with Gasteiger partial charge in [-0.15, -0.1) is 0 Å². The first-order chi connectivity index (χ1) is 9.87. The van der Waals surface area contributed by atoms with Crippen molar-refractivity contribution in [3.05, 3.63) is 17.1 Å². The molecule has 1 aromatic rings. The van der Waals surface area contributed by atoms with Gasteiger partial charge in [0.25, 0.3) is 0 Å². The lowest BCUT2D eigenvalue weighted by Crippen LogP contribution is -2.30. The second-order valence-electron chi connectivity index (χ2n) is 5.45. The normalized spacial score (nSPS) is 13.6. The molecule has 0 saturated carbocycles. The minimum Gasteiger partial charge on any atom is -0.465 e. The summed E-state index contributed by atoms with van der Waals surface area (Å²) in [6.45, 7) is 7.55. The van der Waals surface area contributed by atoms with E-state index in [1.165, 1.54) is 0 Å². The number of aliphatic hydroxyl groups excluding tert-OH is 1. The van der Waals surface area contributed by atoms with Crippen molar-refractivity contribution in [1.29, 1.82) is 0 Å². The smallest absolute Gasteiger partial charge is 0.244 e. The molecule has 6 heteroatoms. The van der Waals surface area contributed by atoms with Crippen LogP contribution >= 0.6 is 0 Å². The summed E-state index contributed by atoms with van der Waals surface area (Å²) in [5.74, 6) is 1.12. The van der Waals surface area contributed by atoms with E-state index in [4.69, 9.17) is 4.42 Å². The number of rotatable bonds is 9. The first-order valence-corrected chi connectivity index (χ1v) is 9.05. The molecule has 0 saturated heterocycles. The van der Waals surface area contributed by atoms with Gasteiger partial charge in [-0.1, -0.05) is 33.1 Å². The SMILES string of the molecule is CCCCC(CC)CNS(=O)(=O)c1c(C)oc(C)c1CO. The van der Waals surface area contributed by atoms with E-state index in [-0.39, 0.29) is 11.5 Å². The highest BCUT2D eigenvalue weighted by Crippen LogP contribution is 2.26. The minimum atomic E-state index is -3.65. The molecule has 0 spiro atoms. The Hall–Kier alpha value is -0.850. The molecule has 0 fully saturated rings. The van der Waals surface area contributed by atoms with Crippen molar-refractivity contribution in [3.8, 4) is 0 Å². The Balaban J connectivity index is 2.87. The molecule has 0 radical (unpaired) electrons. The van der Waals surface area contributed by atoms with Gasteiger partial charge in [0.2, 0.25) is 10.0 Å². The molecule has 1 unspecified atom stereocenters. The van der Waals surface area contributed by atoms with Crippen LogP contribution in [-0.2, 0) is 16.6 Å². The number of unbranched alkanes of at least 4 members (excludes halogenated alkanes) is 1. The first kappa shape index (κ1) is 18.2. The summed E-state index contributed by atoms with van der Waals surface area (Å²) in [7, 11) is -3.65. The van der Waals surface area contributed by atoms with Crippen LogP contribution in [0.1, 0.15) is 56.6 Å². The summed E-state index contributed by atoms with van der Waals surface area (Å²) >= 11 is 0. The quantitative estimate of drug-likeness (QED) is 0.734. The molecule has 1 heterocycles. The molecule has 5 nitrogen and oxygen atoms in total. The highest BCUT2D eigenvalue weighted by Gasteiger charge is 2.26. The van der Waals surface area contributed by atoms with Gasteiger partial charge in [0, 0.05) is 12.1 Å². The minimum absolute atomic E-state index is 0.0906. The predicted molar refractivity (Wildman–Crippen MR) is 82.6 cm³/mol. The Labute approximate surface area is 127 Å². The predicted octanol–water partition coefficient (Wildman–Crippen LogP) is 2.88. The van der Waals surface area contributed by atoms with Crippen molar-refractivity contribution in [3.63, 3.8) is 0 Å². The third-order valence-electron chi connectivity index (χ3n) is 3.86. The maximum Gasteiger partial charge on any atom is 0.244 e. The summed E-state index contributed by atoms with van der Waals surface area (Å²) < 4.78 is 32.9. The second kappa shape index (κ2) is 7.96. The van der Waals surface area contributed by atoms with Gasteiger partial charge < -0.3 is 9.52 Å². The molecule has 1 atom stereocenters. The van der Waals surface area contributed by atoms with Crippen LogP contribution in [0.5, 0.6) is 0 Å². The second-order valence-corrected chi connectivity index (χ2v) is 7.15. The zero-order chi connectivity index (χ0) is 16.0. The van der Waals surface area contributed by atoms with Gasteiger partial charge in [0.1, 0.15) is 16.4 Å². The molecule has 0 amide bonds. The Morgan fingerprint density at radius 2 is 1.90 bits per heavy atom. The number of aryl methyl sites for hydroxylation is 2. The number of nitrogens with one attached hydrogen (secondary N) is 1. The fourth-order valence-corrected chi connectivity index (χ4v) is 4.04. The number of aliphatic hydroxyl groups is 1. The van der Waals surface area contributed by atoms with Crippen molar-refractivity contribution >= 4 is 10.0 Å². The third-order valence-corrected chi connectivity index (χ3v) is 5.48.